The summed E-state index contributed by atoms with van der Waals surface area (Å²) in [5.74, 6) is -1.83. The quantitative estimate of drug-likeness (QED) is 0.349. The average Bonchev–Trinajstić information content (AvgIpc) is 3.45. The molecule has 0 aliphatic carbocycles. The molecule has 0 radical (unpaired) electrons. The van der Waals surface area contributed by atoms with E-state index in [4.69, 9.17) is 4.42 Å². The third kappa shape index (κ3) is 6.16. The number of carbonyl (C=O) groups excluding carboxylic acids is 1. The molecule has 1 aliphatic rings. The molecular formula is C26H35F3N4O3. The van der Waals surface area contributed by atoms with E-state index in [0.29, 0.717) is 31.0 Å². The number of aliphatic hydroxyl groups excluding tert-OH is 1. The summed E-state index contributed by atoms with van der Waals surface area (Å²) in [4.78, 5) is 19.2. The van der Waals surface area contributed by atoms with Crippen LogP contribution in [0, 0.1) is 23.0 Å². The molecule has 1 aromatic heterocycles. The van der Waals surface area contributed by atoms with Crippen molar-refractivity contribution in [2.24, 2.45) is 11.3 Å². The Morgan fingerprint density at radius 2 is 2.08 bits per heavy atom. The van der Waals surface area contributed by atoms with Gasteiger partial charge in [-0.25, -0.2) is 13.8 Å². The smallest absolute Gasteiger partial charge is 0.248 e. The maximum Gasteiger partial charge on any atom is 0.248 e. The fourth-order valence-corrected chi connectivity index (χ4v) is 4.61. The predicted molar refractivity (Wildman–Crippen MR) is 130 cm³/mol. The van der Waals surface area contributed by atoms with Crippen molar-refractivity contribution in [2.75, 3.05) is 26.2 Å². The molecule has 2 aromatic rings. The zero-order valence-electron chi connectivity index (χ0n) is 21.4. The lowest BCUT2D eigenvalue weighted by Gasteiger charge is -2.41. The van der Waals surface area contributed by atoms with Crippen molar-refractivity contribution in [3.8, 4) is 11.5 Å². The molecule has 0 spiro atoms. The van der Waals surface area contributed by atoms with E-state index in [1.54, 1.807) is 5.54 Å². The summed E-state index contributed by atoms with van der Waals surface area (Å²) in [5.41, 5.74) is 2.40. The van der Waals surface area contributed by atoms with Gasteiger partial charge in [0, 0.05) is 32.0 Å². The van der Waals surface area contributed by atoms with Crippen molar-refractivity contribution in [1.82, 2.24) is 20.7 Å². The second kappa shape index (κ2) is 11.6. The molecule has 2 heterocycles. The van der Waals surface area contributed by atoms with Crippen LogP contribution < -0.4 is 10.9 Å². The Morgan fingerprint density at radius 3 is 2.69 bits per heavy atom. The van der Waals surface area contributed by atoms with Gasteiger partial charge in [-0.1, -0.05) is 32.4 Å². The first-order valence-electron chi connectivity index (χ1n) is 12.0. The van der Waals surface area contributed by atoms with Crippen LogP contribution in [0.5, 0.6) is 0 Å². The number of oxazole rings is 1. The first-order chi connectivity index (χ1) is 17.0. The molecule has 198 valence electrons. The minimum absolute atomic E-state index is 0.0996. The maximum atomic E-state index is 14.6. The molecule has 1 fully saturated rings. The number of halogens is 3. The molecule has 1 saturated heterocycles. The zero-order valence-corrected chi connectivity index (χ0v) is 21.4. The van der Waals surface area contributed by atoms with Gasteiger partial charge < -0.3 is 19.7 Å². The Hall–Kier alpha value is -2.69. The molecule has 36 heavy (non-hydrogen) atoms. The Balaban J connectivity index is 2.17. The van der Waals surface area contributed by atoms with Crippen LogP contribution in [0.15, 0.2) is 34.3 Å². The predicted octanol–water partition coefficient (Wildman–Crippen LogP) is 4.10. The molecular weight excluding hydrogens is 473 g/mol. The van der Waals surface area contributed by atoms with E-state index in [1.807, 2.05) is 40.7 Å². The lowest BCUT2D eigenvalue weighted by molar-refractivity contribution is -0.140. The second-order valence-electron chi connectivity index (χ2n) is 10.4. The van der Waals surface area contributed by atoms with Crippen molar-refractivity contribution in [3.63, 3.8) is 0 Å². The zero-order chi connectivity index (χ0) is 26.6. The number of nitrogens with zero attached hydrogens (tertiary/aromatic N) is 2. The van der Waals surface area contributed by atoms with Gasteiger partial charge in [0.2, 0.25) is 11.8 Å². The molecule has 1 aromatic carbocycles. The largest absolute Gasteiger partial charge is 0.440 e. The standard InChI is InChI=1S/C26H35F3N4O3/c1-6-15(2)9-21-23(31-25(36-21)18-10-17(27)7-8-19(18)28)24(26(3,4)5)33(22(35)14-34)13-16-11-30-12-20(16)32-29/h6-8,10,16,20,24,30,32,34H,9,11-14H2,1-5H3/b15-6+. The van der Waals surface area contributed by atoms with Gasteiger partial charge in [0.05, 0.1) is 17.6 Å². The maximum absolute atomic E-state index is 14.6. The van der Waals surface area contributed by atoms with Crippen LogP contribution in [0.1, 0.15) is 52.1 Å². The average molecular weight is 509 g/mol. The normalized spacial score (nSPS) is 19.5. The molecule has 3 rings (SSSR count). The van der Waals surface area contributed by atoms with E-state index in [9.17, 15) is 23.2 Å². The van der Waals surface area contributed by atoms with Gasteiger partial charge >= 0.3 is 0 Å². The van der Waals surface area contributed by atoms with Crippen LogP contribution in [0.3, 0.4) is 0 Å². The fourth-order valence-electron chi connectivity index (χ4n) is 4.61. The van der Waals surface area contributed by atoms with Crippen molar-refractivity contribution in [2.45, 2.75) is 53.1 Å². The monoisotopic (exact) mass is 508 g/mol. The van der Waals surface area contributed by atoms with Crippen molar-refractivity contribution in [3.05, 3.63) is 52.9 Å². The number of aliphatic hydroxyl groups is 1. The molecule has 3 unspecified atom stereocenters. The summed E-state index contributed by atoms with van der Waals surface area (Å²) in [7, 11) is 0. The van der Waals surface area contributed by atoms with Gasteiger partial charge in [0.1, 0.15) is 29.7 Å². The lowest BCUT2D eigenvalue weighted by atomic mass is 9.81. The number of amides is 1. The Kier molecular flexibility index (Phi) is 8.97. The van der Waals surface area contributed by atoms with E-state index < -0.39 is 41.6 Å². The van der Waals surface area contributed by atoms with E-state index >= 15 is 0 Å². The van der Waals surface area contributed by atoms with Gasteiger partial charge in [0.25, 0.3) is 0 Å². The van der Waals surface area contributed by atoms with Crippen LogP contribution >= 0.6 is 0 Å². The number of benzene rings is 1. The molecule has 10 heteroatoms. The first-order valence-corrected chi connectivity index (χ1v) is 12.0. The summed E-state index contributed by atoms with van der Waals surface area (Å²) >= 11 is 0. The minimum atomic E-state index is -0.743. The number of rotatable bonds is 9. The summed E-state index contributed by atoms with van der Waals surface area (Å²) in [6.07, 6.45) is 2.24. The molecule has 0 bridgehead atoms. The number of aromatic nitrogens is 1. The Labute approximate surface area is 209 Å². The van der Waals surface area contributed by atoms with E-state index in [2.05, 4.69) is 10.3 Å². The SMILES string of the molecule is C/C=C(\C)Cc1oc(-c2cc(F)ccc2F)nc1C(N(CC1CNCC1NF)C(=O)CO)C(C)(C)C. The molecule has 1 amide bonds. The molecule has 3 atom stereocenters. The van der Waals surface area contributed by atoms with Gasteiger partial charge in [-0.05, 0) is 37.5 Å². The second-order valence-corrected chi connectivity index (χ2v) is 10.4. The molecule has 7 nitrogen and oxygen atoms in total. The van der Waals surface area contributed by atoms with Crippen LogP contribution in [0.2, 0.25) is 0 Å². The highest BCUT2D eigenvalue weighted by Gasteiger charge is 2.41. The number of nitrogens with one attached hydrogen (secondary N) is 2. The van der Waals surface area contributed by atoms with Crippen LogP contribution in [-0.2, 0) is 11.2 Å². The van der Waals surface area contributed by atoms with Crippen molar-refractivity contribution >= 4 is 5.91 Å². The minimum Gasteiger partial charge on any atom is -0.440 e. The highest BCUT2D eigenvalue weighted by Crippen LogP contribution is 2.42. The highest BCUT2D eigenvalue weighted by molar-refractivity contribution is 5.78. The summed E-state index contributed by atoms with van der Waals surface area (Å²) < 4.78 is 48.0. The number of allylic oxidation sites excluding steroid dienone is 2. The highest BCUT2D eigenvalue weighted by atomic mass is 19.2. The van der Waals surface area contributed by atoms with Gasteiger partial charge in [0.15, 0.2) is 0 Å². The van der Waals surface area contributed by atoms with Crippen LogP contribution in [-0.4, -0.2) is 53.2 Å². The molecule has 0 saturated carbocycles. The molecule has 1 aliphatic heterocycles. The first kappa shape index (κ1) is 27.9. The van der Waals surface area contributed by atoms with E-state index in [0.717, 1.165) is 23.8 Å². The van der Waals surface area contributed by atoms with E-state index in [1.165, 1.54) is 4.90 Å². The number of hydrogen-bond donors (Lipinski definition) is 3. The van der Waals surface area contributed by atoms with Crippen molar-refractivity contribution in [1.29, 1.82) is 0 Å². The van der Waals surface area contributed by atoms with Crippen LogP contribution in [0.25, 0.3) is 11.5 Å². The third-order valence-electron chi connectivity index (χ3n) is 6.58. The third-order valence-corrected chi connectivity index (χ3v) is 6.58. The van der Waals surface area contributed by atoms with Gasteiger partial charge in [-0.15, -0.1) is 4.48 Å². The topological polar surface area (TPSA) is 90.6 Å². The van der Waals surface area contributed by atoms with Gasteiger partial charge in [-0.3, -0.25) is 4.79 Å². The Morgan fingerprint density at radius 1 is 1.36 bits per heavy atom. The Bertz CT molecular complexity index is 1100. The fraction of sp³-hybridized carbons (Fsp3) is 0.538. The van der Waals surface area contributed by atoms with E-state index in [-0.39, 0.29) is 23.9 Å². The number of carbonyl (C=O) groups is 1. The number of hydrogen-bond acceptors (Lipinski definition) is 6. The van der Waals surface area contributed by atoms with Gasteiger partial charge in [-0.2, -0.15) is 5.54 Å². The summed E-state index contributed by atoms with van der Waals surface area (Å²) in [6.45, 7) is 9.81. The summed E-state index contributed by atoms with van der Waals surface area (Å²) in [6, 6.07) is 1.83. The molecule has 3 N–H and O–H groups in total. The van der Waals surface area contributed by atoms with Crippen LogP contribution in [0.4, 0.5) is 13.3 Å². The summed E-state index contributed by atoms with van der Waals surface area (Å²) in [5, 5.41) is 12.9. The lowest BCUT2D eigenvalue weighted by Crippen LogP contribution is -2.48. The van der Waals surface area contributed by atoms with Crippen molar-refractivity contribution < 1.29 is 27.6 Å².